The average molecular weight is 381 g/mol. The van der Waals surface area contributed by atoms with Gasteiger partial charge in [-0.05, 0) is 37.3 Å². The molecule has 2 rings (SSSR count). The lowest BCUT2D eigenvalue weighted by Crippen LogP contribution is -2.46. The third-order valence-corrected chi connectivity index (χ3v) is 3.55. The highest BCUT2D eigenvalue weighted by molar-refractivity contribution is 6.32. The fraction of sp³-hybridized carbons (Fsp3) is 0.111. The van der Waals surface area contributed by atoms with Crippen LogP contribution in [-0.2, 0) is 9.59 Å². The number of hydrazine groups is 1. The van der Waals surface area contributed by atoms with Crippen LogP contribution in [0.2, 0.25) is 5.02 Å². The van der Waals surface area contributed by atoms with Gasteiger partial charge < -0.3 is 4.74 Å². The number of hydrogen-bond acceptors (Lipinski definition) is 3. The van der Waals surface area contributed by atoms with Gasteiger partial charge in [-0.3, -0.25) is 20.4 Å². The van der Waals surface area contributed by atoms with Crippen LogP contribution < -0.4 is 15.6 Å². The maximum Gasteiger partial charge on any atom is 0.279 e. The Morgan fingerprint density at radius 3 is 2.46 bits per heavy atom. The maximum atomic E-state index is 13.6. The van der Waals surface area contributed by atoms with Crippen molar-refractivity contribution in [2.24, 2.45) is 0 Å². The molecule has 2 N–H and O–H groups in total. The Balaban J connectivity index is 1.87. The molecule has 8 heteroatoms. The van der Waals surface area contributed by atoms with Crippen LogP contribution in [-0.4, -0.2) is 17.9 Å². The Labute approximate surface area is 153 Å². The molecule has 0 radical (unpaired) electrons. The molecule has 2 amide bonds. The monoisotopic (exact) mass is 380 g/mol. The molecule has 0 saturated heterocycles. The van der Waals surface area contributed by atoms with Crippen LogP contribution in [0.25, 0.3) is 6.08 Å². The molecule has 0 fully saturated rings. The molecule has 2 aromatic carbocycles. The first-order chi connectivity index (χ1) is 12.4. The molecule has 0 heterocycles. The predicted octanol–water partition coefficient (Wildman–Crippen LogP) is 3.25. The first kappa shape index (κ1) is 19.4. The summed E-state index contributed by atoms with van der Waals surface area (Å²) in [5, 5.41) is 0.144. The van der Waals surface area contributed by atoms with E-state index < -0.39 is 29.6 Å². The van der Waals surface area contributed by atoms with Crippen LogP contribution >= 0.6 is 11.6 Å². The SMILES string of the molecule is C[C@H](Oc1ccccc1F)C(=O)NNC(=O)/C=C/c1c(F)cccc1Cl. The summed E-state index contributed by atoms with van der Waals surface area (Å²) in [6, 6.07) is 9.73. The molecule has 26 heavy (non-hydrogen) atoms. The van der Waals surface area contributed by atoms with Crippen molar-refractivity contribution in [3.05, 3.63) is 70.8 Å². The van der Waals surface area contributed by atoms with E-state index in [1.807, 2.05) is 0 Å². The Hall–Kier alpha value is -2.93. The van der Waals surface area contributed by atoms with E-state index in [4.69, 9.17) is 16.3 Å². The van der Waals surface area contributed by atoms with Gasteiger partial charge in [0.15, 0.2) is 17.7 Å². The van der Waals surface area contributed by atoms with Gasteiger partial charge in [-0.2, -0.15) is 0 Å². The lowest BCUT2D eigenvalue weighted by Gasteiger charge is -2.15. The molecule has 0 unspecified atom stereocenters. The number of amides is 2. The first-order valence-corrected chi connectivity index (χ1v) is 7.89. The predicted molar refractivity (Wildman–Crippen MR) is 93.2 cm³/mol. The van der Waals surface area contributed by atoms with E-state index in [-0.39, 0.29) is 16.3 Å². The number of carbonyl (C=O) groups is 2. The van der Waals surface area contributed by atoms with E-state index in [0.717, 1.165) is 6.08 Å². The number of hydrogen-bond donors (Lipinski definition) is 2. The largest absolute Gasteiger partial charge is 0.478 e. The Morgan fingerprint density at radius 2 is 1.77 bits per heavy atom. The van der Waals surface area contributed by atoms with E-state index in [2.05, 4.69) is 10.9 Å². The van der Waals surface area contributed by atoms with Gasteiger partial charge in [-0.25, -0.2) is 8.78 Å². The van der Waals surface area contributed by atoms with Gasteiger partial charge in [0.05, 0.1) is 5.02 Å². The number of benzene rings is 2. The van der Waals surface area contributed by atoms with Crippen LogP contribution in [0.4, 0.5) is 8.78 Å². The summed E-state index contributed by atoms with van der Waals surface area (Å²) in [7, 11) is 0. The second-order valence-corrected chi connectivity index (χ2v) is 5.54. The van der Waals surface area contributed by atoms with Gasteiger partial charge in [0, 0.05) is 11.6 Å². The lowest BCUT2D eigenvalue weighted by molar-refractivity contribution is -0.131. The number of carbonyl (C=O) groups excluding carboxylic acids is 2. The summed E-state index contributed by atoms with van der Waals surface area (Å²) in [4.78, 5) is 23.6. The van der Waals surface area contributed by atoms with Gasteiger partial charge in [-0.15, -0.1) is 0 Å². The number of rotatable bonds is 5. The van der Waals surface area contributed by atoms with Crippen molar-refractivity contribution in [3.8, 4) is 5.75 Å². The molecular formula is C18H15ClF2N2O3. The number of halogens is 3. The highest BCUT2D eigenvalue weighted by atomic mass is 35.5. The first-order valence-electron chi connectivity index (χ1n) is 7.51. The summed E-state index contributed by atoms with van der Waals surface area (Å²) in [5.74, 6) is -2.69. The van der Waals surface area contributed by atoms with E-state index in [1.54, 1.807) is 6.07 Å². The zero-order chi connectivity index (χ0) is 19.1. The maximum absolute atomic E-state index is 13.6. The molecule has 1 atom stereocenters. The Morgan fingerprint density at radius 1 is 1.08 bits per heavy atom. The molecule has 0 aliphatic heterocycles. The van der Waals surface area contributed by atoms with Crippen molar-refractivity contribution in [1.29, 1.82) is 0 Å². The van der Waals surface area contributed by atoms with Crippen molar-refractivity contribution in [2.75, 3.05) is 0 Å². The topological polar surface area (TPSA) is 67.4 Å². The minimum Gasteiger partial charge on any atom is -0.478 e. The Kier molecular flexibility index (Phi) is 6.68. The molecule has 0 bridgehead atoms. The van der Waals surface area contributed by atoms with Gasteiger partial charge in [0.25, 0.3) is 11.8 Å². The molecule has 0 saturated carbocycles. The van der Waals surface area contributed by atoms with E-state index >= 15 is 0 Å². The quantitative estimate of drug-likeness (QED) is 0.618. The zero-order valence-corrected chi connectivity index (χ0v) is 14.4. The fourth-order valence-corrected chi connectivity index (χ4v) is 2.11. The number of para-hydroxylation sites is 1. The van der Waals surface area contributed by atoms with E-state index in [9.17, 15) is 18.4 Å². The molecule has 0 aliphatic carbocycles. The summed E-state index contributed by atoms with van der Waals surface area (Å²) < 4.78 is 32.2. The zero-order valence-electron chi connectivity index (χ0n) is 13.6. The Bertz CT molecular complexity index is 823. The van der Waals surface area contributed by atoms with Crippen molar-refractivity contribution < 1.29 is 23.1 Å². The number of ether oxygens (including phenoxy) is 1. The minimum atomic E-state index is -1.06. The summed E-state index contributed by atoms with van der Waals surface area (Å²) in [5.41, 5.74) is 4.28. The van der Waals surface area contributed by atoms with Crippen LogP contribution in [0.1, 0.15) is 12.5 Å². The average Bonchev–Trinajstić information content (AvgIpc) is 2.61. The van der Waals surface area contributed by atoms with Crippen molar-refractivity contribution in [1.82, 2.24) is 10.9 Å². The highest BCUT2D eigenvalue weighted by Gasteiger charge is 2.16. The second kappa shape index (κ2) is 8.96. The lowest BCUT2D eigenvalue weighted by atomic mass is 10.2. The van der Waals surface area contributed by atoms with Gasteiger partial charge in [0.2, 0.25) is 0 Å². The van der Waals surface area contributed by atoms with Crippen LogP contribution in [0, 0.1) is 11.6 Å². The fourth-order valence-electron chi connectivity index (χ4n) is 1.88. The molecule has 136 valence electrons. The van der Waals surface area contributed by atoms with Gasteiger partial charge in [0.1, 0.15) is 5.82 Å². The third kappa shape index (κ3) is 5.29. The molecule has 2 aromatic rings. The summed E-state index contributed by atoms with van der Waals surface area (Å²) >= 11 is 5.83. The molecule has 0 aliphatic rings. The summed E-state index contributed by atoms with van der Waals surface area (Å²) in [6.45, 7) is 1.39. The van der Waals surface area contributed by atoms with Crippen molar-refractivity contribution in [3.63, 3.8) is 0 Å². The van der Waals surface area contributed by atoms with Gasteiger partial charge in [-0.1, -0.05) is 29.8 Å². The smallest absolute Gasteiger partial charge is 0.279 e. The molecule has 0 aromatic heterocycles. The third-order valence-electron chi connectivity index (χ3n) is 3.22. The van der Waals surface area contributed by atoms with E-state index in [0.29, 0.717) is 0 Å². The second-order valence-electron chi connectivity index (χ2n) is 5.14. The molecule has 5 nitrogen and oxygen atoms in total. The van der Waals surface area contributed by atoms with Crippen molar-refractivity contribution >= 4 is 29.5 Å². The number of nitrogens with one attached hydrogen (secondary N) is 2. The minimum absolute atomic E-state index is 0.0481. The molecular weight excluding hydrogens is 366 g/mol. The normalized spacial score (nSPS) is 11.8. The van der Waals surface area contributed by atoms with Crippen molar-refractivity contribution in [2.45, 2.75) is 13.0 Å². The standard InChI is InChI=1S/C18H15ClF2N2O3/c1-11(26-16-8-3-2-6-15(16)21)18(25)23-22-17(24)10-9-12-13(19)5-4-7-14(12)20/h2-11H,1H3,(H,22,24)(H,23,25)/b10-9+/t11-/m0/s1. The highest BCUT2D eigenvalue weighted by Crippen LogP contribution is 2.20. The van der Waals surface area contributed by atoms with Gasteiger partial charge >= 0.3 is 0 Å². The summed E-state index contributed by atoms with van der Waals surface area (Å²) in [6.07, 6.45) is 1.13. The molecule has 0 spiro atoms. The van der Waals surface area contributed by atoms with E-state index in [1.165, 1.54) is 49.4 Å². The van der Waals surface area contributed by atoms with Crippen LogP contribution in [0.5, 0.6) is 5.75 Å². The van der Waals surface area contributed by atoms with Crippen LogP contribution in [0.3, 0.4) is 0 Å². The van der Waals surface area contributed by atoms with Crippen LogP contribution in [0.15, 0.2) is 48.5 Å².